The van der Waals surface area contributed by atoms with Gasteiger partial charge in [0.05, 0.1) is 0 Å². The zero-order chi connectivity index (χ0) is 14.8. The lowest BCUT2D eigenvalue weighted by Gasteiger charge is -2.34. The van der Waals surface area contributed by atoms with E-state index in [-0.39, 0.29) is 5.54 Å². The molecule has 0 radical (unpaired) electrons. The number of hydrogen-bond donors (Lipinski definition) is 2. The molecule has 1 saturated carbocycles. The fourth-order valence-corrected chi connectivity index (χ4v) is 4.64. The zero-order valence-electron chi connectivity index (χ0n) is 13.0. The van der Waals surface area contributed by atoms with Gasteiger partial charge in [-0.3, -0.25) is 0 Å². The molecule has 0 aromatic rings. The minimum Gasteiger partial charge on any atom is -0.317 e. The van der Waals surface area contributed by atoms with E-state index in [1.807, 2.05) is 13.8 Å². The average molecular weight is 303 g/mol. The van der Waals surface area contributed by atoms with Gasteiger partial charge in [-0.15, -0.1) is 0 Å². The lowest BCUT2D eigenvalue weighted by atomic mass is 9.98. The van der Waals surface area contributed by atoms with Gasteiger partial charge in [-0.1, -0.05) is 6.92 Å². The summed E-state index contributed by atoms with van der Waals surface area (Å²) in [4.78, 5) is 0. The molecule has 0 amide bonds. The van der Waals surface area contributed by atoms with Gasteiger partial charge in [0.1, 0.15) is 0 Å². The van der Waals surface area contributed by atoms with E-state index in [1.165, 1.54) is 0 Å². The largest absolute Gasteiger partial charge is 0.317 e. The molecular formula is C14H29N3O2S. The van der Waals surface area contributed by atoms with Crippen LogP contribution in [0.2, 0.25) is 0 Å². The van der Waals surface area contributed by atoms with Crippen LogP contribution in [0.15, 0.2) is 0 Å². The van der Waals surface area contributed by atoms with E-state index < -0.39 is 10.2 Å². The Bertz CT molecular complexity index is 410. The van der Waals surface area contributed by atoms with Gasteiger partial charge in [-0.25, -0.2) is 0 Å². The predicted octanol–water partition coefficient (Wildman–Crippen LogP) is 1.33. The number of piperidine rings is 1. The maximum atomic E-state index is 12.5. The second-order valence-electron chi connectivity index (χ2n) is 6.75. The van der Waals surface area contributed by atoms with Crippen molar-refractivity contribution in [2.45, 2.75) is 52.0 Å². The van der Waals surface area contributed by atoms with Crippen molar-refractivity contribution in [3.8, 4) is 0 Å². The van der Waals surface area contributed by atoms with Crippen LogP contribution >= 0.6 is 0 Å². The van der Waals surface area contributed by atoms with E-state index in [0.29, 0.717) is 24.9 Å². The first kappa shape index (κ1) is 16.2. The van der Waals surface area contributed by atoms with E-state index in [0.717, 1.165) is 38.8 Å². The molecule has 0 atom stereocenters. The summed E-state index contributed by atoms with van der Waals surface area (Å²) in [5.41, 5.74) is -0.306. The third-order valence-electron chi connectivity index (χ3n) is 4.59. The highest BCUT2D eigenvalue weighted by Crippen LogP contribution is 2.39. The average Bonchev–Trinajstić information content (AvgIpc) is 3.20. The Balaban J connectivity index is 1.85. The van der Waals surface area contributed by atoms with Crippen LogP contribution in [0.3, 0.4) is 0 Å². The molecule has 1 heterocycles. The monoisotopic (exact) mass is 303 g/mol. The van der Waals surface area contributed by atoms with Crippen molar-refractivity contribution in [3.05, 3.63) is 0 Å². The zero-order valence-corrected chi connectivity index (χ0v) is 13.8. The Labute approximate surface area is 123 Å². The minimum absolute atomic E-state index is 0.306. The molecule has 5 nitrogen and oxygen atoms in total. The van der Waals surface area contributed by atoms with Gasteiger partial charge >= 0.3 is 0 Å². The molecule has 20 heavy (non-hydrogen) atoms. The van der Waals surface area contributed by atoms with Gasteiger partial charge in [-0.05, 0) is 64.5 Å². The van der Waals surface area contributed by atoms with Crippen molar-refractivity contribution < 1.29 is 8.42 Å². The molecule has 1 aliphatic carbocycles. The SMILES string of the molecule is CCNCC1CCN(S(=O)(=O)NC(C)(C)C2CC2)CC1. The molecule has 1 aliphatic heterocycles. The van der Waals surface area contributed by atoms with E-state index in [1.54, 1.807) is 4.31 Å². The fraction of sp³-hybridized carbons (Fsp3) is 1.00. The number of rotatable bonds is 7. The molecule has 2 fully saturated rings. The first-order valence-electron chi connectivity index (χ1n) is 7.85. The van der Waals surface area contributed by atoms with Gasteiger partial charge < -0.3 is 5.32 Å². The summed E-state index contributed by atoms with van der Waals surface area (Å²) >= 11 is 0. The van der Waals surface area contributed by atoms with Crippen LogP contribution in [0.1, 0.15) is 46.5 Å². The maximum Gasteiger partial charge on any atom is 0.279 e. The molecule has 0 aromatic carbocycles. The van der Waals surface area contributed by atoms with Crippen molar-refractivity contribution in [2.75, 3.05) is 26.2 Å². The molecule has 2 N–H and O–H groups in total. The third-order valence-corrected chi connectivity index (χ3v) is 6.42. The highest BCUT2D eigenvalue weighted by Gasteiger charge is 2.42. The number of nitrogens with one attached hydrogen (secondary N) is 2. The molecular weight excluding hydrogens is 274 g/mol. The summed E-state index contributed by atoms with van der Waals surface area (Å²) in [5.74, 6) is 1.11. The highest BCUT2D eigenvalue weighted by atomic mass is 32.2. The third kappa shape index (κ3) is 4.16. The van der Waals surface area contributed by atoms with Crippen LogP contribution in [0, 0.1) is 11.8 Å². The molecule has 0 unspecified atom stereocenters. The van der Waals surface area contributed by atoms with Crippen LogP contribution in [-0.4, -0.2) is 44.4 Å². The summed E-state index contributed by atoms with van der Waals surface area (Å²) in [7, 11) is -3.33. The van der Waals surface area contributed by atoms with Gasteiger partial charge in [0.15, 0.2) is 0 Å². The number of nitrogens with zero attached hydrogens (tertiary/aromatic N) is 1. The smallest absolute Gasteiger partial charge is 0.279 e. The first-order chi connectivity index (χ1) is 9.35. The Morgan fingerprint density at radius 3 is 2.25 bits per heavy atom. The van der Waals surface area contributed by atoms with E-state index in [2.05, 4.69) is 17.0 Å². The van der Waals surface area contributed by atoms with E-state index in [9.17, 15) is 8.42 Å². The first-order valence-corrected chi connectivity index (χ1v) is 9.29. The van der Waals surface area contributed by atoms with Gasteiger partial charge in [-0.2, -0.15) is 17.4 Å². The lowest BCUT2D eigenvalue weighted by Crippen LogP contribution is -2.53. The Kier molecular flexibility index (Phi) is 5.10. The molecule has 2 rings (SSSR count). The van der Waals surface area contributed by atoms with Crippen LogP contribution < -0.4 is 10.0 Å². The topological polar surface area (TPSA) is 61.4 Å². The second-order valence-corrected chi connectivity index (χ2v) is 8.42. The molecule has 1 saturated heterocycles. The minimum atomic E-state index is -3.33. The fourth-order valence-electron chi connectivity index (χ4n) is 2.99. The lowest BCUT2D eigenvalue weighted by molar-refractivity contribution is 0.260. The molecule has 0 bridgehead atoms. The summed E-state index contributed by atoms with van der Waals surface area (Å²) in [6, 6.07) is 0. The quantitative estimate of drug-likeness (QED) is 0.746. The number of hydrogen-bond acceptors (Lipinski definition) is 3. The summed E-state index contributed by atoms with van der Waals surface area (Å²) in [6.45, 7) is 9.38. The van der Waals surface area contributed by atoms with Gasteiger partial charge in [0.25, 0.3) is 10.2 Å². The van der Waals surface area contributed by atoms with Crippen molar-refractivity contribution in [3.63, 3.8) is 0 Å². The van der Waals surface area contributed by atoms with Crippen LogP contribution in [-0.2, 0) is 10.2 Å². The molecule has 118 valence electrons. The Morgan fingerprint density at radius 2 is 1.75 bits per heavy atom. The van der Waals surface area contributed by atoms with E-state index >= 15 is 0 Å². The molecule has 0 aromatic heterocycles. The summed E-state index contributed by atoms with van der Waals surface area (Å²) < 4.78 is 29.4. The summed E-state index contributed by atoms with van der Waals surface area (Å²) in [5, 5.41) is 3.35. The van der Waals surface area contributed by atoms with Crippen molar-refractivity contribution in [2.24, 2.45) is 11.8 Å². The van der Waals surface area contributed by atoms with Gasteiger partial charge in [0, 0.05) is 18.6 Å². The van der Waals surface area contributed by atoms with Crippen molar-refractivity contribution >= 4 is 10.2 Å². The molecule has 0 spiro atoms. The Morgan fingerprint density at radius 1 is 1.15 bits per heavy atom. The molecule has 6 heteroatoms. The van der Waals surface area contributed by atoms with Gasteiger partial charge in [0.2, 0.25) is 0 Å². The Hall–Kier alpha value is -0.170. The van der Waals surface area contributed by atoms with E-state index in [4.69, 9.17) is 0 Å². The van der Waals surface area contributed by atoms with Crippen LogP contribution in [0.25, 0.3) is 0 Å². The predicted molar refractivity (Wildman–Crippen MR) is 81.7 cm³/mol. The van der Waals surface area contributed by atoms with Crippen molar-refractivity contribution in [1.82, 2.24) is 14.3 Å². The van der Waals surface area contributed by atoms with Crippen LogP contribution in [0.4, 0.5) is 0 Å². The van der Waals surface area contributed by atoms with Crippen molar-refractivity contribution in [1.29, 1.82) is 0 Å². The standard InChI is InChI=1S/C14H29N3O2S/c1-4-15-11-12-7-9-17(10-8-12)20(18,19)16-14(2,3)13-5-6-13/h12-13,15-16H,4-11H2,1-3H3. The van der Waals surface area contributed by atoms with Crippen LogP contribution in [0.5, 0.6) is 0 Å². The second kappa shape index (κ2) is 6.30. The normalized spacial score (nSPS) is 23.1. The molecule has 2 aliphatic rings. The highest BCUT2D eigenvalue weighted by molar-refractivity contribution is 7.87. The summed E-state index contributed by atoms with van der Waals surface area (Å²) in [6.07, 6.45) is 4.19. The maximum absolute atomic E-state index is 12.5.